The summed E-state index contributed by atoms with van der Waals surface area (Å²) in [5.74, 6) is 0.664. The van der Waals surface area contributed by atoms with Crippen molar-refractivity contribution in [3.63, 3.8) is 0 Å². The minimum absolute atomic E-state index is 0.547. The molecule has 0 saturated carbocycles. The SMILES string of the molecule is Cc1nn(Cc2nnn(C)n2)c(C)c1CCN. The van der Waals surface area contributed by atoms with E-state index in [0.717, 1.165) is 17.8 Å². The van der Waals surface area contributed by atoms with Crippen LogP contribution in [0.3, 0.4) is 0 Å². The summed E-state index contributed by atoms with van der Waals surface area (Å²) in [7, 11) is 1.75. The smallest absolute Gasteiger partial charge is 0.196 e. The molecule has 7 nitrogen and oxygen atoms in total. The lowest BCUT2D eigenvalue weighted by Gasteiger charge is -2.01. The molecular weight excluding hydrogens is 218 g/mol. The van der Waals surface area contributed by atoms with Crippen molar-refractivity contribution in [1.29, 1.82) is 0 Å². The van der Waals surface area contributed by atoms with E-state index in [1.54, 1.807) is 7.05 Å². The highest BCUT2D eigenvalue weighted by Crippen LogP contribution is 2.13. The normalized spacial score (nSPS) is 11.1. The number of rotatable bonds is 4. The number of nitrogens with zero attached hydrogens (tertiary/aromatic N) is 6. The van der Waals surface area contributed by atoms with Crippen LogP contribution in [0.4, 0.5) is 0 Å². The van der Waals surface area contributed by atoms with E-state index < -0.39 is 0 Å². The fraction of sp³-hybridized carbons (Fsp3) is 0.600. The highest BCUT2D eigenvalue weighted by atomic mass is 15.6. The van der Waals surface area contributed by atoms with Crippen molar-refractivity contribution in [2.45, 2.75) is 26.8 Å². The third kappa shape index (κ3) is 2.33. The first-order valence-corrected chi connectivity index (χ1v) is 5.57. The maximum atomic E-state index is 5.59. The number of aromatic nitrogens is 6. The Morgan fingerprint density at radius 2 is 2.00 bits per heavy atom. The van der Waals surface area contributed by atoms with E-state index in [1.165, 1.54) is 10.4 Å². The average molecular weight is 235 g/mol. The van der Waals surface area contributed by atoms with Crippen LogP contribution in [0.5, 0.6) is 0 Å². The second kappa shape index (κ2) is 4.62. The van der Waals surface area contributed by atoms with Gasteiger partial charge in [-0.25, -0.2) is 0 Å². The van der Waals surface area contributed by atoms with Gasteiger partial charge >= 0.3 is 0 Å². The molecule has 0 saturated heterocycles. The maximum absolute atomic E-state index is 5.59. The third-order valence-corrected chi connectivity index (χ3v) is 2.77. The summed E-state index contributed by atoms with van der Waals surface area (Å²) in [5.41, 5.74) is 8.96. The lowest BCUT2D eigenvalue weighted by Crippen LogP contribution is -2.08. The minimum atomic E-state index is 0.547. The number of hydrogen-bond acceptors (Lipinski definition) is 5. The minimum Gasteiger partial charge on any atom is -0.330 e. The van der Waals surface area contributed by atoms with Gasteiger partial charge in [0.15, 0.2) is 5.82 Å². The molecule has 0 atom stereocenters. The van der Waals surface area contributed by atoms with E-state index in [2.05, 4.69) is 20.5 Å². The zero-order valence-electron chi connectivity index (χ0n) is 10.4. The van der Waals surface area contributed by atoms with E-state index in [0.29, 0.717) is 18.9 Å². The summed E-state index contributed by atoms with van der Waals surface area (Å²) >= 11 is 0. The van der Waals surface area contributed by atoms with Crippen LogP contribution in [0.15, 0.2) is 0 Å². The van der Waals surface area contributed by atoms with Crippen LogP contribution in [-0.4, -0.2) is 36.5 Å². The molecule has 0 aliphatic carbocycles. The van der Waals surface area contributed by atoms with Crippen LogP contribution in [0.1, 0.15) is 22.8 Å². The molecule has 2 aromatic heterocycles. The van der Waals surface area contributed by atoms with Crippen molar-refractivity contribution >= 4 is 0 Å². The zero-order chi connectivity index (χ0) is 12.4. The first-order valence-electron chi connectivity index (χ1n) is 5.57. The topological polar surface area (TPSA) is 87.4 Å². The van der Waals surface area contributed by atoms with Crippen LogP contribution in [0.2, 0.25) is 0 Å². The fourth-order valence-corrected chi connectivity index (χ4v) is 1.91. The van der Waals surface area contributed by atoms with Gasteiger partial charge in [-0.3, -0.25) is 4.68 Å². The number of tetrazole rings is 1. The van der Waals surface area contributed by atoms with Crippen LogP contribution < -0.4 is 5.73 Å². The zero-order valence-corrected chi connectivity index (χ0v) is 10.4. The molecule has 2 aromatic rings. The van der Waals surface area contributed by atoms with Gasteiger partial charge in [0.05, 0.1) is 12.7 Å². The van der Waals surface area contributed by atoms with Crippen molar-refractivity contribution in [3.05, 3.63) is 22.8 Å². The summed E-state index contributed by atoms with van der Waals surface area (Å²) < 4.78 is 1.90. The van der Waals surface area contributed by atoms with Gasteiger partial charge in [-0.1, -0.05) is 0 Å². The summed E-state index contributed by atoms with van der Waals surface area (Å²) in [5, 5.41) is 16.4. The molecule has 0 aliphatic rings. The molecule has 2 rings (SSSR count). The Hall–Kier alpha value is -1.76. The van der Waals surface area contributed by atoms with Crippen molar-refractivity contribution in [3.8, 4) is 0 Å². The molecule has 0 amide bonds. The molecule has 0 aliphatic heterocycles. The number of hydrogen-bond donors (Lipinski definition) is 1. The Morgan fingerprint density at radius 1 is 1.24 bits per heavy atom. The van der Waals surface area contributed by atoms with E-state index in [4.69, 9.17) is 5.73 Å². The van der Waals surface area contributed by atoms with Crippen LogP contribution in [0, 0.1) is 13.8 Å². The van der Waals surface area contributed by atoms with Gasteiger partial charge in [0.2, 0.25) is 0 Å². The Morgan fingerprint density at radius 3 is 2.59 bits per heavy atom. The Bertz CT molecular complexity index is 511. The van der Waals surface area contributed by atoms with Crippen molar-refractivity contribution in [2.75, 3.05) is 6.54 Å². The summed E-state index contributed by atoms with van der Waals surface area (Å²) in [4.78, 5) is 1.45. The summed E-state index contributed by atoms with van der Waals surface area (Å²) in [6, 6.07) is 0. The van der Waals surface area contributed by atoms with E-state index >= 15 is 0 Å². The predicted octanol–water partition coefficient (Wildman–Crippen LogP) is -0.427. The third-order valence-electron chi connectivity index (χ3n) is 2.77. The fourth-order valence-electron chi connectivity index (χ4n) is 1.91. The quantitative estimate of drug-likeness (QED) is 0.777. The Labute approximate surface area is 99.6 Å². The molecule has 17 heavy (non-hydrogen) atoms. The van der Waals surface area contributed by atoms with E-state index in [-0.39, 0.29) is 0 Å². The van der Waals surface area contributed by atoms with Gasteiger partial charge in [0.25, 0.3) is 0 Å². The molecule has 2 N–H and O–H groups in total. The van der Waals surface area contributed by atoms with Crippen LogP contribution >= 0.6 is 0 Å². The standard InChI is InChI=1S/C10H17N7/c1-7-9(4-5-11)8(2)17(13-7)6-10-12-15-16(3)14-10/h4-6,11H2,1-3H3. The molecule has 0 fully saturated rings. The molecule has 0 spiro atoms. The second-order valence-electron chi connectivity index (χ2n) is 4.04. The Kier molecular flexibility index (Phi) is 3.19. The highest BCUT2D eigenvalue weighted by Gasteiger charge is 2.12. The van der Waals surface area contributed by atoms with Gasteiger partial charge in [-0.05, 0) is 37.6 Å². The second-order valence-corrected chi connectivity index (χ2v) is 4.04. The number of aryl methyl sites for hydroxylation is 2. The summed E-state index contributed by atoms with van der Waals surface area (Å²) in [6.45, 7) is 5.22. The van der Waals surface area contributed by atoms with E-state index in [1.807, 2.05) is 18.5 Å². The summed E-state index contributed by atoms with van der Waals surface area (Å²) in [6.07, 6.45) is 0.853. The lowest BCUT2D eigenvalue weighted by molar-refractivity contribution is 0.610. The molecule has 0 bridgehead atoms. The average Bonchev–Trinajstić information content (AvgIpc) is 2.79. The highest BCUT2D eigenvalue weighted by molar-refractivity contribution is 5.25. The molecule has 7 heteroatoms. The largest absolute Gasteiger partial charge is 0.330 e. The molecule has 2 heterocycles. The molecule has 0 aromatic carbocycles. The molecule has 92 valence electrons. The number of nitrogens with two attached hydrogens (primary N) is 1. The Balaban J connectivity index is 2.24. The molecule has 0 unspecified atom stereocenters. The van der Waals surface area contributed by atoms with Gasteiger partial charge in [-0.15, -0.1) is 10.2 Å². The molecule has 0 radical (unpaired) electrons. The van der Waals surface area contributed by atoms with Crippen LogP contribution in [0.25, 0.3) is 0 Å². The van der Waals surface area contributed by atoms with Crippen molar-refractivity contribution in [2.24, 2.45) is 12.8 Å². The van der Waals surface area contributed by atoms with Crippen LogP contribution in [-0.2, 0) is 20.0 Å². The van der Waals surface area contributed by atoms with Gasteiger partial charge in [0, 0.05) is 5.69 Å². The van der Waals surface area contributed by atoms with Gasteiger partial charge in [-0.2, -0.15) is 9.90 Å². The molecular formula is C10H17N7. The monoisotopic (exact) mass is 235 g/mol. The first-order chi connectivity index (χ1) is 8.11. The van der Waals surface area contributed by atoms with E-state index in [9.17, 15) is 0 Å². The van der Waals surface area contributed by atoms with Crippen molar-refractivity contribution < 1.29 is 0 Å². The van der Waals surface area contributed by atoms with Gasteiger partial charge < -0.3 is 5.73 Å². The lowest BCUT2D eigenvalue weighted by atomic mass is 10.1. The first kappa shape index (κ1) is 11.7. The van der Waals surface area contributed by atoms with Gasteiger partial charge in [0.1, 0.15) is 6.54 Å². The maximum Gasteiger partial charge on any atom is 0.196 e. The van der Waals surface area contributed by atoms with Crippen molar-refractivity contribution in [1.82, 2.24) is 30.0 Å². The predicted molar refractivity (Wildman–Crippen MR) is 62.4 cm³/mol.